The Hall–Kier alpha value is -2.88. The van der Waals surface area contributed by atoms with E-state index in [9.17, 15) is 31.9 Å². The van der Waals surface area contributed by atoms with Gasteiger partial charge in [0.05, 0.1) is 16.3 Å². The zero-order chi connectivity index (χ0) is 20.5. The fourth-order valence-corrected chi connectivity index (χ4v) is 2.42. The Morgan fingerprint density at radius 3 is 2.48 bits per heavy atom. The highest BCUT2D eigenvalue weighted by Gasteiger charge is 2.35. The maximum absolute atomic E-state index is 14.3. The van der Waals surface area contributed by atoms with E-state index in [0.29, 0.717) is 6.07 Å². The molecular weight excluding hydrogens is 396 g/mol. The third-order valence-electron chi connectivity index (χ3n) is 3.44. The normalized spacial score (nSPS) is 11.3. The van der Waals surface area contributed by atoms with E-state index in [1.54, 1.807) is 0 Å². The molecule has 0 fully saturated rings. The van der Waals surface area contributed by atoms with Crippen molar-refractivity contribution in [3.05, 3.63) is 73.8 Å². The predicted molar refractivity (Wildman–Crippen MR) is 87.7 cm³/mol. The van der Waals surface area contributed by atoms with E-state index in [1.165, 1.54) is 6.08 Å². The molecule has 0 spiro atoms. The summed E-state index contributed by atoms with van der Waals surface area (Å²) in [6.45, 7) is 3.15. The minimum Gasteiger partial charge on any atom is -0.458 e. The quantitative estimate of drug-likeness (QED) is 0.445. The van der Waals surface area contributed by atoms with Gasteiger partial charge < -0.3 is 4.74 Å². The molecular formula is C16H11ClF4N2O4. The summed E-state index contributed by atoms with van der Waals surface area (Å²) < 4.78 is 58.0. The lowest BCUT2D eigenvalue weighted by Crippen LogP contribution is -2.41. The number of carbonyl (C=O) groups excluding carboxylic acids is 1. The first-order chi connectivity index (χ1) is 12.5. The van der Waals surface area contributed by atoms with E-state index < -0.39 is 40.6 Å². The van der Waals surface area contributed by atoms with Crippen molar-refractivity contribution < 1.29 is 27.1 Å². The molecule has 0 saturated carbocycles. The van der Waals surface area contributed by atoms with Crippen molar-refractivity contribution in [2.45, 2.75) is 6.18 Å². The topological polar surface area (TPSA) is 70.3 Å². The van der Waals surface area contributed by atoms with Crippen LogP contribution in [0.2, 0.25) is 5.02 Å². The van der Waals surface area contributed by atoms with Crippen LogP contribution in [0.15, 0.2) is 40.4 Å². The van der Waals surface area contributed by atoms with Crippen LogP contribution >= 0.6 is 11.6 Å². The van der Waals surface area contributed by atoms with Crippen LogP contribution in [0.5, 0.6) is 0 Å². The van der Waals surface area contributed by atoms with E-state index >= 15 is 0 Å². The van der Waals surface area contributed by atoms with Crippen LogP contribution < -0.4 is 11.2 Å². The molecule has 0 aliphatic carbocycles. The molecule has 0 unspecified atom stereocenters. The second-order valence-electron chi connectivity index (χ2n) is 5.21. The standard InChI is InChI=1S/C16H11ClF4N2O4/c1-3-4-27-14(25)8-5-11(10(18)6-9(8)17)23-13(24)7-12(16(19,20)21)22(2)15(23)26/h3,5-7H,1,4H2,2H3. The Bertz CT molecular complexity index is 1040. The van der Waals surface area contributed by atoms with Crippen LogP contribution in [0.25, 0.3) is 5.69 Å². The summed E-state index contributed by atoms with van der Waals surface area (Å²) >= 11 is 5.77. The number of benzene rings is 1. The molecule has 11 heteroatoms. The summed E-state index contributed by atoms with van der Waals surface area (Å²) in [6.07, 6.45) is -3.71. The fraction of sp³-hybridized carbons (Fsp3) is 0.188. The summed E-state index contributed by atoms with van der Waals surface area (Å²) in [6, 6.07) is 1.54. The predicted octanol–water partition coefficient (Wildman–Crippen LogP) is 2.69. The SMILES string of the molecule is C=CCOC(=O)c1cc(-n2c(=O)cc(C(F)(F)F)n(C)c2=O)c(F)cc1Cl. The highest BCUT2D eigenvalue weighted by atomic mass is 35.5. The molecule has 1 aromatic carbocycles. The highest BCUT2D eigenvalue weighted by molar-refractivity contribution is 6.33. The first-order valence-electron chi connectivity index (χ1n) is 7.16. The molecule has 0 bridgehead atoms. The van der Waals surface area contributed by atoms with Crippen LogP contribution in [-0.4, -0.2) is 21.7 Å². The number of aromatic nitrogens is 2. The second kappa shape index (κ2) is 7.39. The lowest BCUT2D eigenvalue weighted by molar-refractivity contribution is -0.144. The van der Waals surface area contributed by atoms with Crippen molar-refractivity contribution in [1.82, 2.24) is 9.13 Å². The van der Waals surface area contributed by atoms with E-state index in [2.05, 4.69) is 6.58 Å². The van der Waals surface area contributed by atoms with Crippen molar-refractivity contribution in [2.75, 3.05) is 6.61 Å². The largest absolute Gasteiger partial charge is 0.458 e. The number of alkyl halides is 3. The minimum absolute atomic E-state index is 0.144. The molecule has 0 amide bonds. The Balaban J connectivity index is 2.74. The molecule has 1 heterocycles. The molecule has 2 aromatic rings. The lowest BCUT2D eigenvalue weighted by Gasteiger charge is -2.15. The molecule has 6 nitrogen and oxygen atoms in total. The van der Waals surface area contributed by atoms with Crippen molar-refractivity contribution in [3.8, 4) is 5.69 Å². The van der Waals surface area contributed by atoms with E-state index in [-0.39, 0.29) is 32.4 Å². The highest BCUT2D eigenvalue weighted by Crippen LogP contribution is 2.27. The maximum atomic E-state index is 14.3. The second-order valence-corrected chi connectivity index (χ2v) is 5.62. The minimum atomic E-state index is -4.97. The molecule has 0 atom stereocenters. The van der Waals surface area contributed by atoms with Gasteiger partial charge in [0, 0.05) is 13.1 Å². The van der Waals surface area contributed by atoms with Gasteiger partial charge in [-0.25, -0.2) is 18.5 Å². The summed E-state index contributed by atoms with van der Waals surface area (Å²) in [4.78, 5) is 36.3. The molecule has 0 N–H and O–H groups in total. The monoisotopic (exact) mass is 406 g/mol. The number of rotatable bonds is 4. The number of ether oxygens (including phenoxy) is 1. The van der Waals surface area contributed by atoms with Crippen molar-refractivity contribution >= 4 is 17.6 Å². The molecule has 0 radical (unpaired) electrons. The number of halogens is 5. The summed E-state index contributed by atoms with van der Waals surface area (Å²) in [5.74, 6) is -2.20. The number of hydrogen-bond donors (Lipinski definition) is 0. The van der Waals surface area contributed by atoms with Gasteiger partial charge in [-0.05, 0) is 12.1 Å². The number of esters is 1. The summed E-state index contributed by atoms with van der Waals surface area (Å²) in [5.41, 5.74) is -5.53. The third kappa shape index (κ3) is 3.95. The first kappa shape index (κ1) is 20.4. The van der Waals surface area contributed by atoms with Gasteiger partial charge >= 0.3 is 17.8 Å². The lowest BCUT2D eigenvalue weighted by atomic mass is 10.2. The van der Waals surface area contributed by atoms with Gasteiger partial charge in [0.1, 0.15) is 18.1 Å². The van der Waals surface area contributed by atoms with Gasteiger partial charge in [0.2, 0.25) is 0 Å². The zero-order valence-corrected chi connectivity index (χ0v) is 14.4. The van der Waals surface area contributed by atoms with Gasteiger partial charge in [0.15, 0.2) is 0 Å². The fourth-order valence-electron chi connectivity index (χ4n) is 2.20. The smallest absolute Gasteiger partial charge is 0.431 e. The van der Waals surface area contributed by atoms with Crippen LogP contribution in [0, 0.1) is 5.82 Å². The molecule has 144 valence electrons. The van der Waals surface area contributed by atoms with Crippen molar-refractivity contribution in [2.24, 2.45) is 7.05 Å². The molecule has 0 aliphatic heterocycles. The van der Waals surface area contributed by atoms with Crippen LogP contribution in [0.4, 0.5) is 17.6 Å². The Morgan fingerprint density at radius 1 is 1.30 bits per heavy atom. The third-order valence-corrected chi connectivity index (χ3v) is 3.75. The average molecular weight is 407 g/mol. The summed E-state index contributed by atoms with van der Waals surface area (Å²) in [7, 11) is 0.772. The van der Waals surface area contributed by atoms with Crippen LogP contribution in [0.3, 0.4) is 0 Å². The zero-order valence-electron chi connectivity index (χ0n) is 13.6. The Kier molecular flexibility index (Phi) is 5.59. The average Bonchev–Trinajstić information content (AvgIpc) is 2.56. The van der Waals surface area contributed by atoms with Gasteiger partial charge in [-0.1, -0.05) is 24.3 Å². The number of carbonyl (C=O) groups is 1. The van der Waals surface area contributed by atoms with E-state index in [1.807, 2.05) is 0 Å². The van der Waals surface area contributed by atoms with Crippen molar-refractivity contribution in [3.63, 3.8) is 0 Å². The van der Waals surface area contributed by atoms with Crippen LogP contribution in [-0.2, 0) is 18.0 Å². The number of nitrogens with zero attached hydrogens (tertiary/aromatic N) is 2. The Morgan fingerprint density at radius 2 is 1.93 bits per heavy atom. The van der Waals surface area contributed by atoms with Crippen LogP contribution in [0.1, 0.15) is 16.1 Å². The first-order valence-corrected chi connectivity index (χ1v) is 7.54. The van der Waals surface area contributed by atoms with Crippen molar-refractivity contribution in [1.29, 1.82) is 0 Å². The van der Waals surface area contributed by atoms with Gasteiger partial charge in [0.25, 0.3) is 5.56 Å². The summed E-state index contributed by atoms with van der Waals surface area (Å²) in [5, 5.41) is -0.373. The molecule has 2 rings (SSSR count). The number of hydrogen-bond acceptors (Lipinski definition) is 4. The van der Waals surface area contributed by atoms with Gasteiger partial charge in [-0.15, -0.1) is 0 Å². The van der Waals surface area contributed by atoms with E-state index in [4.69, 9.17) is 16.3 Å². The van der Waals surface area contributed by atoms with Gasteiger partial charge in [-0.3, -0.25) is 9.36 Å². The Labute approximate surface area is 153 Å². The van der Waals surface area contributed by atoms with E-state index in [0.717, 1.165) is 13.1 Å². The molecule has 1 aromatic heterocycles. The van der Waals surface area contributed by atoms with Gasteiger partial charge in [-0.2, -0.15) is 13.2 Å². The molecule has 27 heavy (non-hydrogen) atoms. The maximum Gasteiger partial charge on any atom is 0.431 e. The molecule has 0 aliphatic rings. The molecule has 0 saturated heterocycles.